The highest BCUT2D eigenvalue weighted by molar-refractivity contribution is 7.79. The van der Waals surface area contributed by atoms with Crippen molar-refractivity contribution in [3.05, 3.63) is 180 Å². The summed E-state index contributed by atoms with van der Waals surface area (Å²) in [6.07, 6.45) is -15.0. The summed E-state index contributed by atoms with van der Waals surface area (Å²) in [7, 11) is -15.7. The number of halogens is 12. The summed E-state index contributed by atoms with van der Waals surface area (Å²) in [4.78, 5) is 0. The molecule has 1 unspecified atom stereocenters. The van der Waals surface area contributed by atoms with Gasteiger partial charge in [-0.15, -0.1) is 0 Å². The Morgan fingerprint density at radius 2 is 0.508 bits per heavy atom. The molecule has 63 heavy (non-hydrogen) atoms. The van der Waals surface area contributed by atoms with Gasteiger partial charge in [0.15, 0.2) is 0 Å². The molecule has 0 N–H and O–H groups in total. The van der Waals surface area contributed by atoms with Gasteiger partial charge in [0.25, 0.3) is 0 Å². The molecule has 0 saturated carbocycles. The number of rotatable bonds is 12. The minimum Gasteiger partial charge on any atom is -0.413 e. The Morgan fingerprint density at radius 3 is 0.714 bits per heavy atom. The molecule has 0 bridgehead atoms. The average Bonchev–Trinajstić information content (AvgIpc) is 3.17. The molecule has 24 heteroatoms. The SMILES string of the molecule is Fc1cccc(OP2(Oc3cccc(F)c3)=NP(Oc3cccc(F)c3)(Oc3cccc(C(F)(F)F)c3)=NP(Oc3cccc(C(F)(F)F)c3)(Oc3cccc(C(F)(F)F)c3)=N2)c1. The second-order valence-electron chi connectivity index (χ2n) is 12.7. The monoisotopic (exact) mass is 951 g/mol. The van der Waals surface area contributed by atoms with Crippen LogP contribution < -0.4 is 27.1 Å². The van der Waals surface area contributed by atoms with E-state index in [-0.39, 0.29) is 0 Å². The summed E-state index contributed by atoms with van der Waals surface area (Å²) in [5.41, 5.74) is -3.96. The molecule has 330 valence electrons. The Kier molecular flexibility index (Phi) is 12.3. The van der Waals surface area contributed by atoms with E-state index in [1.807, 2.05) is 0 Å². The highest BCUT2D eigenvalue weighted by atomic mass is 31.3. The van der Waals surface area contributed by atoms with Crippen LogP contribution in [-0.4, -0.2) is 0 Å². The minimum atomic E-state index is -5.33. The van der Waals surface area contributed by atoms with Crippen LogP contribution in [0, 0.1) is 17.5 Å². The fourth-order valence-corrected chi connectivity index (χ4v) is 14.4. The van der Waals surface area contributed by atoms with Crippen LogP contribution in [0.25, 0.3) is 0 Å². The summed E-state index contributed by atoms with van der Waals surface area (Å²) in [5, 5.41) is 0. The summed E-state index contributed by atoms with van der Waals surface area (Å²) < 4.78 is 221. The molecular weight excluding hydrogens is 927 g/mol. The first-order valence-corrected chi connectivity index (χ1v) is 22.1. The summed E-state index contributed by atoms with van der Waals surface area (Å²) in [6, 6.07) is 20.6. The van der Waals surface area contributed by atoms with Crippen LogP contribution in [0.4, 0.5) is 52.7 Å². The van der Waals surface area contributed by atoms with Crippen LogP contribution in [0.15, 0.2) is 159 Å². The topological polar surface area (TPSA) is 92.5 Å². The zero-order chi connectivity index (χ0) is 45.3. The Morgan fingerprint density at radius 1 is 0.302 bits per heavy atom. The van der Waals surface area contributed by atoms with E-state index in [1.54, 1.807) is 0 Å². The Balaban J connectivity index is 1.63. The number of hydrogen-bond donors (Lipinski definition) is 0. The quantitative estimate of drug-likeness (QED) is 0.0896. The first-order valence-electron chi connectivity index (χ1n) is 17.5. The van der Waals surface area contributed by atoms with Crippen LogP contribution in [0.2, 0.25) is 0 Å². The molecule has 6 aromatic carbocycles. The van der Waals surface area contributed by atoms with Crippen molar-refractivity contribution in [1.29, 1.82) is 0 Å². The third-order valence-electron chi connectivity index (χ3n) is 7.90. The van der Waals surface area contributed by atoms with Crippen molar-refractivity contribution < 1.29 is 79.8 Å². The first-order chi connectivity index (χ1) is 29.6. The Hall–Kier alpha value is -6.03. The molecule has 1 aliphatic rings. The molecule has 0 amide bonds. The van der Waals surface area contributed by atoms with Crippen LogP contribution >= 0.6 is 23.0 Å². The van der Waals surface area contributed by atoms with Gasteiger partial charge in [-0.2, -0.15) is 39.5 Å². The third kappa shape index (κ3) is 11.3. The molecule has 0 aromatic heterocycles. The van der Waals surface area contributed by atoms with Crippen LogP contribution in [0.1, 0.15) is 16.7 Å². The molecule has 1 heterocycles. The third-order valence-corrected chi connectivity index (χ3v) is 16.0. The molecular formula is C39H24F12N3O6P3. The standard InChI is InChI=1S/C39H24F12N3O6P3/c40-28-10-4-16-34(22-28)58-62(57-33-15-3-9-27(21-33)39(49,50)51)52-61(55-31-13-1-7-25(19-31)37(43,44)45,56-32-14-2-8-26(20-32)38(46,47)48)53-63(54-62,59-35-17-5-11-29(41)23-35)60-36-18-6-12-30(42)24-36/h1-24H. The number of hydrogen-bond acceptors (Lipinski definition) is 9. The van der Waals surface area contributed by atoms with E-state index in [4.69, 9.17) is 27.1 Å². The zero-order valence-corrected chi connectivity index (χ0v) is 33.7. The second-order valence-corrected chi connectivity index (χ2v) is 18.9. The Labute approximate surface area is 348 Å². The van der Waals surface area contributed by atoms with E-state index in [1.165, 1.54) is 0 Å². The van der Waals surface area contributed by atoms with Gasteiger partial charge in [0.1, 0.15) is 51.9 Å². The molecule has 0 radical (unpaired) electrons. The molecule has 6 aromatic rings. The largest absolute Gasteiger partial charge is 0.460 e. The molecule has 9 nitrogen and oxygen atoms in total. The van der Waals surface area contributed by atoms with Gasteiger partial charge in [0.2, 0.25) is 0 Å². The van der Waals surface area contributed by atoms with Gasteiger partial charge in [0.05, 0.1) is 16.7 Å². The molecule has 1 aliphatic heterocycles. The molecule has 0 saturated heterocycles. The lowest BCUT2D eigenvalue weighted by Gasteiger charge is -2.33. The van der Waals surface area contributed by atoms with Crippen molar-refractivity contribution in [3.63, 3.8) is 0 Å². The fourth-order valence-electron chi connectivity index (χ4n) is 5.34. The van der Waals surface area contributed by atoms with Crippen LogP contribution in [0.5, 0.6) is 34.5 Å². The number of alkyl halides is 9. The molecule has 0 fully saturated rings. The van der Waals surface area contributed by atoms with Crippen molar-refractivity contribution >= 4 is 23.0 Å². The van der Waals surface area contributed by atoms with Crippen molar-refractivity contribution in [2.24, 2.45) is 13.5 Å². The van der Waals surface area contributed by atoms with Gasteiger partial charge in [-0.25, -0.2) is 13.2 Å². The highest BCUT2D eigenvalue weighted by Crippen LogP contribution is 2.78. The maximum absolute atomic E-state index is 14.8. The van der Waals surface area contributed by atoms with Gasteiger partial charge in [-0.1, -0.05) is 49.9 Å². The highest BCUT2D eigenvalue weighted by Gasteiger charge is 2.49. The van der Waals surface area contributed by atoms with E-state index in [0.717, 1.165) is 109 Å². The van der Waals surface area contributed by atoms with Gasteiger partial charge in [-0.3, -0.25) is 0 Å². The van der Waals surface area contributed by atoms with Gasteiger partial charge < -0.3 is 27.1 Å². The average molecular weight is 952 g/mol. The summed E-state index contributed by atoms with van der Waals surface area (Å²) in [5.74, 6) is -6.68. The van der Waals surface area contributed by atoms with E-state index < -0.39 is 110 Å². The lowest BCUT2D eigenvalue weighted by Crippen LogP contribution is -2.12. The van der Waals surface area contributed by atoms with Crippen LogP contribution in [0.3, 0.4) is 0 Å². The molecule has 1 atom stereocenters. The Bertz CT molecular complexity index is 2720. The van der Waals surface area contributed by atoms with E-state index in [0.29, 0.717) is 36.4 Å². The maximum Gasteiger partial charge on any atom is 0.460 e. The normalized spacial score (nSPS) is 17.0. The lowest BCUT2D eigenvalue weighted by molar-refractivity contribution is -0.138. The first kappa shape index (κ1) is 45.0. The van der Waals surface area contributed by atoms with E-state index in [2.05, 4.69) is 13.5 Å². The predicted octanol–water partition coefficient (Wildman–Crippen LogP) is 15.8. The fraction of sp³-hybridized carbons (Fsp3) is 0.0769. The number of nitrogens with zero attached hydrogens (tertiary/aromatic N) is 3. The lowest BCUT2D eigenvalue weighted by atomic mass is 10.2. The zero-order valence-electron chi connectivity index (χ0n) is 31.0. The number of benzene rings is 6. The van der Waals surface area contributed by atoms with Gasteiger partial charge in [-0.05, 0) is 91.0 Å². The molecule has 7 rings (SSSR count). The summed E-state index contributed by atoms with van der Waals surface area (Å²) in [6.45, 7) is 0. The van der Waals surface area contributed by atoms with E-state index in [9.17, 15) is 52.7 Å². The minimum absolute atomic E-state index is 0.427. The molecule has 0 spiro atoms. The van der Waals surface area contributed by atoms with Crippen molar-refractivity contribution in [2.45, 2.75) is 18.5 Å². The van der Waals surface area contributed by atoms with Crippen molar-refractivity contribution in [3.8, 4) is 34.5 Å². The van der Waals surface area contributed by atoms with E-state index >= 15 is 0 Å². The molecule has 0 aliphatic carbocycles. The van der Waals surface area contributed by atoms with Gasteiger partial charge in [0, 0.05) is 18.2 Å². The van der Waals surface area contributed by atoms with Crippen molar-refractivity contribution in [2.75, 3.05) is 0 Å². The predicted molar refractivity (Wildman–Crippen MR) is 205 cm³/mol. The maximum atomic E-state index is 14.8. The van der Waals surface area contributed by atoms with Crippen molar-refractivity contribution in [1.82, 2.24) is 0 Å². The smallest absolute Gasteiger partial charge is 0.413 e. The second kappa shape index (κ2) is 17.3. The van der Waals surface area contributed by atoms with Gasteiger partial charge >= 0.3 is 41.5 Å². The summed E-state index contributed by atoms with van der Waals surface area (Å²) >= 11 is 0. The van der Waals surface area contributed by atoms with Crippen LogP contribution in [-0.2, 0) is 18.5 Å².